The van der Waals surface area contributed by atoms with E-state index >= 15 is 0 Å². The van der Waals surface area contributed by atoms with Gasteiger partial charge in [-0.25, -0.2) is 0 Å². The zero-order valence-electron chi connectivity index (χ0n) is 10.5. The quantitative estimate of drug-likeness (QED) is 0.884. The van der Waals surface area contributed by atoms with Crippen LogP contribution in [0.5, 0.6) is 0 Å². The number of hydrogen-bond acceptors (Lipinski definition) is 4. The normalized spacial score (nSPS) is 12.9. The Bertz CT molecular complexity index is 474. The summed E-state index contributed by atoms with van der Waals surface area (Å²) in [5.41, 5.74) is 1.11. The summed E-state index contributed by atoms with van der Waals surface area (Å²) >= 11 is 1.86. The van der Waals surface area contributed by atoms with Gasteiger partial charge in [-0.1, -0.05) is 19.1 Å². The van der Waals surface area contributed by atoms with Gasteiger partial charge >= 0.3 is 0 Å². The molecule has 1 unspecified atom stereocenters. The molecule has 0 saturated carbocycles. The van der Waals surface area contributed by atoms with E-state index in [4.69, 9.17) is 0 Å². The van der Waals surface area contributed by atoms with E-state index in [0.29, 0.717) is 0 Å². The molecule has 4 nitrogen and oxygen atoms in total. The first-order chi connectivity index (χ1) is 8.26. The molecule has 0 aliphatic heterocycles. The monoisotopic (exact) mass is 250 g/mol. The number of nitrogens with zero attached hydrogens (tertiary/aromatic N) is 3. The first kappa shape index (κ1) is 12.3. The van der Waals surface area contributed by atoms with E-state index in [9.17, 15) is 0 Å². The second kappa shape index (κ2) is 5.42. The van der Waals surface area contributed by atoms with Crippen molar-refractivity contribution in [3.8, 4) is 0 Å². The molecule has 0 aromatic carbocycles. The highest BCUT2D eigenvalue weighted by Gasteiger charge is 2.18. The lowest BCUT2D eigenvalue weighted by molar-refractivity contribution is 0.574. The SMILES string of the molecule is CCNC(c1ccc(CC)s1)c1cnnn1C. The number of rotatable bonds is 5. The molecule has 0 amide bonds. The van der Waals surface area contributed by atoms with Crippen molar-refractivity contribution in [1.82, 2.24) is 20.3 Å². The van der Waals surface area contributed by atoms with Crippen LogP contribution in [0.3, 0.4) is 0 Å². The fourth-order valence-corrected chi connectivity index (χ4v) is 2.89. The van der Waals surface area contributed by atoms with Crippen molar-refractivity contribution in [1.29, 1.82) is 0 Å². The maximum atomic E-state index is 4.00. The average molecular weight is 250 g/mol. The molecular weight excluding hydrogens is 232 g/mol. The van der Waals surface area contributed by atoms with Gasteiger partial charge in [0.15, 0.2) is 0 Å². The Balaban J connectivity index is 2.32. The van der Waals surface area contributed by atoms with Crippen LogP contribution >= 0.6 is 11.3 Å². The standard InChI is InChI=1S/C12H18N4S/c1-4-9-6-7-11(17-9)12(13-5-2)10-8-14-15-16(10)3/h6-8,12-13H,4-5H2,1-3H3. The first-order valence-corrected chi connectivity index (χ1v) is 6.74. The lowest BCUT2D eigenvalue weighted by atomic mass is 10.2. The molecule has 0 aliphatic carbocycles. The number of aryl methyl sites for hydroxylation is 2. The van der Waals surface area contributed by atoms with E-state index < -0.39 is 0 Å². The Kier molecular flexibility index (Phi) is 3.91. The molecule has 0 radical (unpaired) electrons. The third kappa shape index (κ3) is 2.56. The van der Waals surface area contributed by atoms with Crippen LogP contribution < -0.4 is 5.32 Å². The minimum atomic E-state index is 0.199. The lowest BCUT2D eigenvalue weighted by Gasteiger charge is -2.15. The summed E-state index contributed by atoms with van der Waals surface area (Å²) in [4.78, 5) is 2.74. The average Bonchev–Trinajstić information content (AvgIpc) is 2.95. The number of thiophene rings is 1. The van der Waals surface area contributed by atoms with E-state index in [0.717, 1.165) is 18.7 Å². The Hall–Kier alpha value is -1.20. The van der Waals surface area contributed by atoms with Crippen molar-refractivity contribution in [3.05, 3.63) is 33.8 Å². The van der Waals surface area contributed by atoms with Crippen LogP contribution in [0.25, 0.3) is 0 Å². The maximum Gasteiger partial charge on any atom is 0.0858 e. The van der Waals surface area contributed by atoms with Crippen LogP contribution in [0.4, 0.5) is 0 Å². The fourth-order valence-electron chi connectivity index (χ4n) is 1.85. The molecule has 1 atom stereocenters. The maximum absolute atomic E-state index is 4.00. The molecule has 92 valence electrons. The number of hydrogen-bond donors (Lipinski definition) is 1. The molecule has 17 heavy (non-hydrogen) atoms. The summed E-state index contributed by atoms with van der Waals surface area (Å²) < 4.78 is 1.83. The van der Waals surface area contributed by atoms with Gasteiger partial charge in [-0.3, -0.25) is 4.68 Å². The van der Waals surface area contributed by atoms with E-state index in [1.807, 2.05) is 29.3 Å². The molecule has 0 bridgehead atoms. The summed E-state index contributed by atoms with van der Waals surface area (Å²) in [6.45, 7) is 5.23. The number of aromatic nitrogens is 3. The third-order valence-electron chi connectivity index (χ3n) is 2.77. The minimum absolute atomic E-state index is 0.199. The van der Waals surface area contributed by atoms with Gasteiger partial charge in [0.2, 0.25) is 0 Å². The predicted molar refractivity (Wildman–Crippen MR) is 70.2 cm³/mol. The largest absolute Gasteiger partial charge is 0.305 e. The van der Waals surface area contributed by atoms with Crippen molar-refractivity contribution in [2.24, 2.45) is 7.05 Å². The molecule has 0 saturated heterocycles. The summed E-state index contributed by atoms with van der Waals surface area (Å²) in [6, 6.07) is 4.60. The Morgan fingerprint density at radius 2 is 2.24 bits per heavy atom. The topological polar surface area (TPSA) is 42.7 Å². The van der Waals surface area contributed by atoms with Gasteiger partial charge in [-0.15, -0.1) is 16.4 Å². The smallest absolute Gasteiger partial charge is 0.0858 e. The van der Waals surface area contributed by atoms with Crippen molar-refractivity contribution in [2.45, 2.75) is 26.3 Å². The highest BCUT2D eigenvalue weighted by molar-refractivity contribution is 7.12. The summed E-state index contributed by atoms with van der Waals surface area (Å²) in [7, 11) is 1.93. The lowest BCUT2D eigenvalue weighted by Crippen LogP contribution is -2.23. The van der Waals surface area contributed by atoms with Crippen molar-refractivity contribution in [2.75, 3.05) is 6.54 Å². The number of nitrogens with one attached hydrogen (secondary N) is 1. The molecule has 2 aromatic heterocycles. The molecule has 2 aromatic rings. The molecule has 2 heterocycles. The van der Waals surface area contributed by atoms with Crippen LogP contribution in [0.15, 0.2) is 18.3 Å². The molecule has 0 aliphatic rings. The van der Waals surface area contributed by atoms with E-state index in [-0.39, 0.29) is 6.04 Å². The zero-order valence-corrected chi connectivity index (χ0v) is 11.3. The van der Waals surface area contributed by atoms with Gasteiger partial charge in [-0.05, 0) is 25.1 Å². The third-order valence-corrected chi connectivity index (χ3v) is 4.06. The Morgan fingerprint density at radius 3 is 2.76 bits per heavy atom. The summed E-state index contributed by atoms with van der Waals surface area (Å²) in [5.74, 6) is 0. The molecule has 2 rings (SSSR count). The fraction of sp³-hybridized carbons (Fsp3) is 0.500. The van der Waals surface area contributed by atoms with Gasteiger partial charge in [-0.2, -0.15) is 0 Å². The molecule has 5 heteroatoms. The minimum Gasteiger partial charge on any atom is -0.305 e. The van der Waals surface area contributed by atoms with Gasteiger partial charge in [0.1, 0.15) is 0 Å². The summed E-state index contributed by atoms with van der Waals surface area (Å²) in [6.07, 6.45) is 2.92. The predicted octanol–water partition coefficient (Wildman–Crippen LogP) is 2.14. The van der Waals surface area contributed by atoms with Crippen LogP contribution in [0.1, 0.15) is 35.3 Å². The zero-order chi connectivity index (χ0) is 12.3. The van der Waals surface area contributed by atoms with Gasteiger partial charge in [0, 0.05) is 16.8 Å². The molecule has 1 N–H and O–H groups in total. The highest BCUT2D eigenvalue weighted by atomic mass is 32.1. The second-order valence-corrected chi connectivity index (χ2v) is 5.13. The second-order valence-electron chi connectivity index (χ2n) is 3.93. The van der Waals surface area contributed by atoms with Crippen molar-refractivity contribution in [3.63, 3.8) is 0 Å². The van der Waals surface area contributed by atoms with Crippen LogP contribution in [0, 0.1) is 0 Å². The Morgan fingerprint density at radius 1 is 1.41 bits per heavy atom. The van der Waals surface area contributed by atoms with Crippen molar-refractivity contribution < 1.29 is 0 Å². The Labute approximate surface area is 106 Å². The van der Waals surface area contributed by atoms with E-state index in [2.05, 4.69) is 41.6 Å². The molecule has 0 fully saturated rings. The van der Waals surface area contributed by atoms with Crippen LogP contribution in [-0.2, 0) is 13.5 Å². The van der Waals surface area contributed by atoms with E-state index in [1.54, 1.807) is 0 Å². The van der Waals surface area contributed by atoms with Crippen molar-refractivity contribution >= 4 is 11.3 Å². The summed E-state index contributed by atoms with van der Waals surface area (Å²) in [5, 5.41) is 11.4. The van der Waals surface area contributed by atoms with Crippen LogP contribution in [-0.4, -0.2) is 21.5 Å². The first-order valence-electron chi connectivity index (χ1n) is 5.92. The van der Waals surface area contributed by atoms with Crippen LogP contribution in [0.2, 0.25) is 0 Å². The molecular formula is C12H18N4S. The van der Waals surface area contributed by atoms with Gasteiger partial charge < -0.3 is 5.32 Å². The highest BCUT2D eigenvalue weighted by Crippen LogP contribution is 2.28. The van der Waals surface area contributed by atoms with E-state index in [1.165, 1.54) is 9.75 Å². The van der Waals surface area contributed by atoms with Gasteiger partial charge in [0.25, 0.3) is 0 Å². The van der Waals surface area contributed by atoms with Gasteiger partial charge in [0.05, 0.1) is 17.9 Å². The molecule has 0 spiro atoms.